The normalized spacial score (nSPS) is 14.3. The SMILES string of the molecule is CCNC(=NCc1ccc(CN2CCCC2=O)cc1)NCCSc1ccccc1. The Hall–Kier alpha value is -2.47. The number of carbonyl (C=O) groups excluding carboxylic acids is 1. The molecular weight excluding hydrogens is 380 g/mol. The van der Waals surface area contributed by atoms with Gasteiger partial charge >= 0.3 is 0 Å². The summed E-state index contributed by atoms with van der Waals surface area (Å²) >= 11 is 1.84. The van der Waals surface area contributed by atoms with Gasteiger partial charge in [-0.2, -0.15) is 0 Å². The molecule has 2 N–H and O–H groups in total. The molecular formula is C23H30N4OS. The summed E-state index contributed by atoms with van der Waals surface area (Å²) in [5, 5.41) is 6.70. The largest absolute Gasteiger partial charge is 0.357 e. The molecule has 1 aliphatic heterocycles. The number of thioether (sulfide) groups is 1. The number of likely N-dealkylation sites (tertiary alicyclic amines) is 1. The Bertz CT molecular complexity index is 792. The molecule has 0 radical (unpaired) electrons. The summed E-state index contributed by atoms with van der Waals surface area (Å²) in [6, 6.07) is 18.9. The lowest BCUT2D eigenvalue weighted by molar-refractivity contribution is -0.128. The lowest BCUT2D eigenvalue weighted by atomic mass is 10.1. The second kappa shape index (κ2) is 11.5. The molecule has 3 rings (SSSR count). The van der Waals surface area contributed by atoms with E-state index < -0.39 is 0 Å². The molecule has 0 saturated carbocycles. The van der Waals surface area contributed by atoms with Crippen molar-refractivity contribution in [2.45, 2.75) is 37.8 Å². The van der Waals surface area contributed by atoms with E-state index in [1.54, 1.807) is 0 Å². The molecule has 0 atom stereocenters. The smallest absolute Gasteiger partial charge is 0.222 e. The Morgan fingerprint density at radius 1 is 1.07 bits per heavy atom. The van der Waals surface area contributed by atoms with Crippen LogP contribution >= 0.6 is 11.8 Å². The summed E-state index contributed by atoms with van der Waals surface area (Å²) in [7, 11) is 0. The second-order valence-corrected chi connectivity index (χ2v) is 8.19. The zero-order valence-electron chi connectivity index (χ0n) is 17.1. The van der Waals surface area contributed by atoms with Crippen molar-refractivity contribution >= 4 is 23.6 Å². The minimum atomic E-state index is 0.269. The number of carbonyl (C=O) groups is 1. The average Bonchev–Trinajstić information content (AvgIpc) is 3.15. The predicted octanol–water partition coefficient (Wildman–Crippen LogP) is 3.66. The van der Waals surface area contributed by atoms with Crippen LogP contribution in [0.25, 0.3) is 0 Å². The van der Waals surface area contributed by atoms with Crippen LogP contribution in [0.4, 0.5) is 0 Å². The summed E-state index contributed by atoms with van der Waals surface area (Å²) < 4.78 is 0. The molecule has 29 heavy (non-hydrogen) atoms. The monoisotopic (exact) mass is 410 g/mol. The van der Waals surface area contributed by atoms with E-state index in [1.165, 1.54) is 10.5 Å². The number of rotatable bonds is 9. The van der Waals surface area contributed by atoms with E-state index in [4.69, 9.17) is 4.99 Å². The molecule has 0 bridgehead atoms. The highest BCUT2D eigenvalue weighted by molar-refractivity contribution is 7.99. The highest BCUT2D eigenvalue weighted by atomic mass is 32.2. The van der Waals surface area contributed by atoms with Crippen LogP contribution < -0.4 is 10.6 Å². The summed E-state index contributed by atoms with van der Waals surface area (Å²) in [5.41, 5.74) is 2.34. The minimum Gasteiger partial charge on any atom is -0.357 e. The molecule has 1 amide bonds. The van der Waals surface area contributed by atoms with Gasteiger partial charge in [0.05, 0.1) is 6.54 Å². The van der Waals surface area contributed by atoms with Gasteiger partial charge in [-0.3, -0.25) is 4.79 Å². The topological polar surface area (TPSA) is 56.7 Å². The lowest BCUT2D eigenvalue weighted by Crippen LogP contribution is -2.38. The van der Waals surface area contributed by atoms with Crippen LogP contribution in [0.2, 0.25) is 0 Å². The van der Waals surface area contributed by atoms with Crippen LogP contribution in [0.15, 0.2) is 64.5 Å². The molecule has 1 saturated heterocycles. The number of nitrogens with zero attached hydrogens (tertiary/aromatic N) is 2. The molecule has 0 aromatic heterocycles. The molecule has 5 nitrogen and oxygen atoms in total. The summed E-state index contributed by atoms with van der Waals surface area (Å²) in [5.74, 6) is 2.09. The molecule has 1 aliphatic rings. The minimum absolute atomic E-state index is 0.269. The molecule has 1 fully saturated rings. The first kappa shape index (κ1) is 21.2. The summed E-state index contributed by atoms with van der Waals surface area (Å²) in [4.78, 5) is 19.7. The number of benzene rings is 2. The first-order chi connectivity index (χ1) is 14.2. The van der Waals surface area contributed by atoms with Gasteiger partial charge in [0, 0.05) is 43.2 Å². The fourth-order valence-electron chi connectivity index (χ4n) is 3.21. The van der Waals surface area contributed by atoms with Crippen LogP contribution in [-0.4, -0.2) is 42.2 Å². The van der Waals surface area contributed by atoms with E-state index in [2.05, 4.69) is 66.1 Å². The maximum absolute atomic E-state index is 11.8. The van der Waals surface area contributed by atoms with Crippen LogP contribution in [0, 0.1) is 0 Å². The molecule has 2 aromatic carbocycles. The third-order valence-electron chi connectivity index (χ3n) is 4.74. The number of amides is 1. The molecule has 154 valence electrons. The van der Waals surface area contributed by atoms with Crippen molar-refractivity contribution in [3.63, 3.8) is 0 Å². The number of hydrogen-bond acceptors (Lipinski definition) is 3. The van der Waals surface area contributed by atoms with Crippen LogP contribution in [-0.2, 0) is 17.9 Å². The van der Waals surface area contributed by atoms with Crippen molar-refractivity contribution in [3.05, 3.63) is 65.7 Å². The van der Waals surface area contributed by atoms with Gasteiger partial charge in [0.2, 0.25) is 5.91 Å². The zero-order chi connectivity index (χ0) is 20.3. The standard InChI is InChI=1S/C23H30N4OS/c1-2-24-23(25-14-16-29-21-7-4-3-5-8-21)26-17-19-10-12-20(13-11-19)18-27-15-6-9-22(27)28/h3-5,7-8,10-13H,2,6,9,14-18H2,1H3,(H2,24,25,26). The van der Waals surface area contributed by atoms with Gasteiger partial charge in [-0.15, -0.1) is 11.8 Å². The van der Waals surface area contributed by atoms with Crippen molar-refractivity contribution in [1.82, 2.24) is 15.5 Å². The number of hydrogen-bond donors (Lipinski definition) is 2. The third kappa shape index (κ3) is 7.13. The fourth-order valence-corrected chi connectivity index (χ4v) is 4.00. The van der Waals surface area contributed by atoms with Gasteiger partial charge < -0.3 is 15.5 Å². The van der Waals surface area contributed by atoms with Crippen LogP contribution in [0.1, 0.15) is 30.9 Å². The van der Waals surface area contributed by atoms with E-state index in [9.17, 15) is 4.79 Å². The van der Waals surface area contributed by atoms with Crippen molar-refractivity contribution in [2.75, 3.05) is 25.4 Å². The van der Waals surface area contributed by atoms with Crippen molar-refractivity contribution in [1.29, 1.82) is 0 Å². The number of nitrogens with one attached hydrogen (secondary N) is 2. The fraction of sp³-hybridized carbons (Fsp3) is 0.391. The van der Waals surface area contributed by atoms with Gasteiger partial charge in [0.15, 0.2) is 5.96 Å². The highest BCUT2D eigenvalue weighted by Gasteiger charge is 2.19. The molecule has 2 aromatic rings. The Kier molecular flexibility index (Phi) is 8.43. The van der Waals surface area contributed by atoms with Crippen molar-refractivity contribution in [2.24, 2.45) is 4.99 Å². The molecule has 6 heteroatoms. The maximum Gasteiger partial charge on any atom is 0.222 e. The van der Waals surface area contributed by atoms with Gasteiger partial charge in [-0.05, 0) is 36.6 Å². The first-order valence-electron chi connectivity index (χ1n) is 10.3. The Morgan fingerprint density at radius 3 is 2.52 bits per heavy atom. The van der Waals surface area contributed by atoms with E-state index >= 15 is 0 Å². The van der Waals surface area contributed by atoms with Crippen molar-refractivity contribution < 1.29 is 4.79 Å². The Labute approximate surface area is 178 Å². The van der Waals surface area contributed by atoms with E-state index in [1.807, 2.05) is 22.7 Å². The summed E-state index contributed by atoms with van der Waals surface area (Å²) in [6.07, 6.45) is 1.67. The quantitative estimate of drug-likeness (QED) is 0.287. The predicted molar refractivity (Wildman–Crippen MR) is 121 cm³/mol. The Morgan fingerprint density at radius 2 is 1.83 bits per heavy atom. The van der Waals surface area contributed by atoms with Crippen LogP contribution in [0.3, 0.4) is 0 Å². The van der Waals surface area contributed by atoms with Gasteiger partial charge in [-0.1, -0.05) is 42.5 Å². The number of guanidine groups is 1. The highest BCUT2D eigenvalue weighted by Crippen LogP contribution is 2.16. The average molecular weight is 411 g/mol. The van der Waals surface area contributed by atoms with Gasteiger partial charge in [0.1, 0.15) is 0 Å². The third-order valence-corrected chi connectivity index (χ3v) is 5.75. The molecule has 0 aliphatic carbocycles. The summed E-state index contributed by atoms with van der Waals surface area (Å²) in [6.45, 7) is 5.99. The number of aliphatic imine (C=N–C) groups is 1. The molecule has 1 heterocycles. The first-order valence-corrected chi connectivity index (χ1v) is 11.3. The van der Waals surface area contributed by atoms with E-state index in [0.29, 0.717) is 19.5 Å². The lowest BCUT2D eigenvalue weighted by Gasteiger charge is -2.15. The Balaban J connectivity index is 1.45. The molecule has 0 spiro atoms. The molecule has 0 unspecified atom stereocenters. The van der Waals surface area contributed by atoms with Gasteiger partial charge in [-0.25, -0.2) is 4.99 Å². The van der Waals surface area contributed by atoms with E-state index in [0.717, 1.165) is 43.3 Å². The van der Waals surface area contributed by atoms with E-state index in [-0.39, 0.29) is 5.91 Å². The second-order valence-electron chi connectivity index (χ2n) is 7.02. The van der Waals surface area contributed by atoms with Crippen LogP contribution in [0.5, 0.6) is 0 Å². The zero-order valence-corrected chi connectivity index (χ0v) is 17.9. The maximum atomic E-state index is 11.8. The van der Waals surface area contributed by atoms with Crippen molar-refractivity contribution in [3.8, 4) is 0 Å². The van der Waals surface area contributed by atoms with Gasteiger partial charge in [0.25, 0.3) is 0 Å².